The Morgan fingerprint density at radius 3 is 2.54 bits per heavy atom. The molecule has 0 radical (unpaired) electrons. The molecule has 4 heterocycles. The molecule has 4 aromatic heterocycles. The first kappa shape index (κ1) is 17.8. The standard InChI is InChI=1S/C31H18N4/c1-2-5-21-17(4-1)12-19-14-20-13-18-7-8-27-29(28(18)25(20)15-24(19)21)35-30-23(6-3-10-33-30)22-9-11-32-16-26(22)31(35)34-27/h1-11,14-16H,12-13H2. The quantitative estimate of drug-likeness (QED) is 0.243. The van der Waals surface area contributed by atoms with Crippen LogP contribution in [0.4, 0.5) is 0 Å². The van der Waals surface area contributed by atoms with E-state index < -0.39 is 0 Å². The van der Waals surface area contributed by atoms with Gasteiger partial charge in [0.05, 0.1) is 11.0 Å². The van der Waals surface area contributed by atoms with Gasteiger partial charge >= 0.3 is 0 Å². The number of hydrogen-bond acceptors (Lipinski definition) is 3. The molecule has 9 rings (SSSR count). The van der Waals surface area contributed by atoms with Crippen molar-refractivity contribution < 1.29 is 0 Å². The number of nitrogens with zero attached hydrogens (tertiary/aromatic N) is 4. The maximum Gasteiger partial charge on any atom is 0.149 e. The molecule has 0 atom stereocenters. The Bertz CT molecular complexity index is 2070. The minimum Gasteiger partial charge on any atom is -0.275 e. The first-order chi connectivity index (χ1) is 17.3. The Balaban J connectivity index is 1.46. The lowest BCUT2D eigenvalue weighted by atomic mass is 9.97. The molecule has 4 nitrogen and oxygen atoms in total. The van der Waals surface area contributed by atoms with Crippen LogP contribution in [0, 0.1) is 0 Å². The van der Waals surface area contributed by atoms with E-state index in [2.05, 4.69) is 70.0 Å². The van der Waals surface area contributed by atoms with E-state index in [4.69, 9.17) is 9.97 Å². The average Bonchev–Trinajstić information content (AvgIpc) is 3.58. The third-order valence-electron chi connectivity index (χ3n) is 7.92. The van der Waals surface area contributed by atoms with Crippen molar-refractivity contribution >= 4 is 38.5 Å². The Hall–Kier alpha value is -4.57. The minimum atomic E-state index is 0.919. The highest BCUT2D eigenvalue weighted by atomic mass is 15.1. The van der Waals surface area contributed by atoms with Crippen molar-refractivity contribution in [3.63, 3.8) is 0 Å². The molecule has 0 spiro atoms. The first-order valence-electron chi connectivity index (χ1n) is 12.0. The molecule has 0 unspecified atom stereocenters. The van der Waals surface area contributed by atoms with Crippen molar-refractivity contribution in [1.29, 1.82) is 0 Å². The van der Waals surface area contributed by atoms with Crippen molar-refractivity contribution in [1.82, 2.24) is 19.4 Å². The topological polar surface area (TPSA) is 43.1 Å². The van der Waals surface area contributed by atoms with Crippen LogP contribution >= 0.6 is 0 Å². The van der Waals surface area contributed by atoms with Gasteiger partial charge in [-0.2, -0.15) is 0 Å². The lowest BCUT2D eigenvalue weighted by Gasteiger charge is -2.10. The molecule has 0 aliphatic heterocycles. The van der Waals surface area contributed by atoms with Crippen molar-refractivity contribution in [3.8, 4) is 22.3 Å². The number of imidazole rings is 1. The van der Waals surface area contributed by atoms with Gasteiger partial charge in [-0.3, -0.25) is 9.38 Å². The molecule has 0 amide bonds. The van der Waals surface area contributed by atoms with E-state index in [9.17, 15) is 0 Å². The van der Waals surface area contributed by atoms with Crippen LogP contribution < -0.4 is 0 Å². The molecule has 162 valence electrons. The van der Waals surface area contributed by atoms with Gasteiger partial charge in [0, 0.05) is 34.9 Å². The molecule has 2 aliphatic rings. The highest BCUT2D eigenvalue weighted by Crippen LogP contribution is 2.47. The molecule has 0 bridgehead atoms. The monoisotopic (exact) mass is 446 g/mol. The third kappa shape index (κ3) is 2.15. The van der Waals surface area contributed by atoms with Crippen molar-refractivity contribution in [2.24, 2.45) is 0 Å². The molecule has 0 N–H and O–H groups in total. The van der Waals surface area contributed by atoms with Crippen molar-refractivity contribution in [2.45, 2.75) is 12.8 Å². The molecule has 4 heteroatoms. The molecular formula is C31H18N4. The lowest BCUT2D eigenvalue weighted by molar-refractivity contribution is 1.21. The number of fused-ring (bicyclic) bond motifs is 15. The molecule has 0 fully saturated rings. The second kappa shape index (κ2) is 6.10. The summed E-state index contributed by atoms with van der Waals surface area (Å²) in [6.07, 6.45) is 7.63. The van der Waals surface area contributed by atoms with Gasteiger partial charge < -0.3 is 0 Å². The van der Waals surface area contributed by atoms with Crippen molar-refractivity contribution in [2.75, 3.05) is 0 Å². The normalized spacial score (nSPS) is 13.5. The summed E-state index contributed by atoms with van der Waals surface area (Å²) >= 11 is 0. The molecule has 2 aliphatic carbocycles. The minimum absolute atomic E-state index is 0.919. The number of rotatable bonds is 0. The molecule has 7 aromatic rings. The van der Waals surface area contributed by atoms with Gasteiger partial charge in [0.15, 0.2) is 0 Å². The summed E-state index contributed by atoms with van der Waals surface area (Å²) in [5.74, 6) is 0. The molecular weight excluding hydrogens is 428 g/mol. The summed E-state index contributed by atoms with van der Waals surface area (Å²) in [5.41, 5.74) is 15.0. The summed E-state index contributed by atoms with van der Waals surface area (Å²) in [6, 6.07) is 24.3. The van der Waals surface area contributed by atoms with E-state index in [0.717, 1.165) is 51.3 Å². The number of aromatic nitrogens is 4. The van der Waals surface area contributed by atoms with Gasteiger partial charge in [0.25, 0.3) is 0 Å². The fourth-order valence-electron chi connectivity index (χ4n) is 6.46. The first-order valence-corrected chi connectivity index (χ1v) is 12.0. The zero-order chi connectivity index (χ0) is 22.7. The summed E-state index contributed by atoms with van der Waals surface area (Å²) in [7, 11) is 0. The second-order valence-corrected chi connectivity index (χ2v) is 9.71. The van der Waals surface area contributed by atoms with Gasteiger partial charge in [-0.25, -0.2) is 9.97 Å². The predicted octanol–water partition coefficient (Wildman–Crippen LogP) is 6.73. The highest BCUT2D eigenvalue weighted by Gasteiger charge is 2.28. The fourth-order valence-corrected chi connectivity index (χ4v) is 6.46. The van der Waals surface area contributed by atoms with E-state index in [1.54, 1.807) is 0 Å². The Morgan fingerprint density at radius 2 is 1.54 bits per heavy atom. The average molecular weight is 447 g/mol. The van der Waals surface area contributed by atoms with Gasteiger partial charge in [-0.1, -0.05) is 36.4 Å². The largest absolute Gasteiger partial charge is 0.275 e. The van der Waals surface area contributed by atoms with Crippen LogP contribution in [-0.4, -0.2) is 19.4 Å². The summed E-state index contributed by atoms with van der Waals surface area (Å²) in [6.45, 7) is 0. The van der Waals surface area contributed by atoms with Crippen LogP contribution in [0.3, 0.4) is 0 Å². The summed E-state index contributed by atoms with van der Waals surface area (Å²) < 4.78 is 2.27. The van der Waals surface area contributed by atoms with Crippen LogP contribution in [0.1, 0.15) is 22.3 Å². The van der Waals surface area contributed by atoms with E-state index >= 15 is 0 Å². The summed E-state index contributed by atoms with van der Waals surface area (Å²) in [4.78, 5) is 14.4. The van der Waals surface area contributed by atoms with Crippen molar-refractivity contribution in [3.05, 3.63) is 108 Å². The smallest absolute Gasteiger partial charge is 0.149 e. The highest BCUT2D eigenvalue weighted by molar-refractivity contribution is 6.14. The maximum atomic E-state index is 5.14. The Labute approximate surface area is 200 Å². The van der Waals surface area contributed by atoms with E-state index in [1.165, 1.54) is 44.5 Å². The number of pyridine rings is 3. The van der Waals surface area contributed by atoms with Gasteiger partial charge in [0.2, 0.25) is 0 Å². The predicted molar refractivity (Wildman–Crippen MR) is 140 cm³/mol. The van der Waals surface area contributed by atoms with Crippen LogP contribution in [-0.2, 0) is 12.8 Å². The molecule has 0 saturated carbocycles. The van der Waals surface area contributed by atoms with Crippen LogP contribution in [0.5, 0.6) is 0 Å². The maximum absolute atomic E-state index is 5.14. The van der Waals surface area contributed by atoms with Gasteiger partial charge in [0.1, 0.15) is 11.3 Å². The summed E-state index contributed by atoms with van der Waals surface area (Å²) in [5, 5.41) is 3.31. The van der Waals surface area contributed by atoms with Crippen LogP contribution in [0.2, 0.25) is 0 Å². The second-order valence-electron chi connectivity index (χ2n) is 9.71. The Kier molecular flexibility index (Phi) is 3.11. The molecule has 35 heavy (non-hydrogen) atoms. The lowest BCUT2D eigenvalue weighted by Crippen LogP contribution is -1.95. The fraction of sp³-hybridized carbons (Fsp3) is 0.0645. The van der Waals surface area contributed by atoms with E-state index in [0.29, 0.717) is 0 Å². The zero-order valence-electron chi connectivity index (χ0n) is 18.8. The van der Waals surface area contributed by atoms with E-state index in [-0.39, 0.29) is 0 Å². The number of hydrogen-bond donors (Lipinski definition) is 0. The van der Waals surface area contributed by atoms with Crippen LogP contribution in [0.25, 0.3) is 60.7 Å². The SMILES string of the molecule is c1ccc2c(c1)Cc1cc3c(cc1-2)-c1c(ccc2nc4c5cnccc5c5cccnc5n4c12)C3. The van der Waals surface area contributed by atoms with Gasteiger partial charge in [-0.15, -0.1) is 0 Å². The Morgan fingerprint density at radius 1 is 0.629 bits per heavy atom. The third-order valence-corrected chi connectivity index (χ3v) is 7.92. The van der Waals surface area contributed by atoms with Crippen LogP contribution in [0.15, 0.2) is 85.3 Å². The van der Waals surface area contributed by atoms with E-state index in [1.807, 2.05) is 24.7 Å². The molecule has 3 aromatic carbocycles. The zero-order valence-corrected chi connectivity index (χ0v) is 18.8. The number of benzene rings is 3. The van der Waals surface area contributed by atoms with Gasteiger partial charge in [-0.05, 0) is 87.5 Å². The molecule has 0 saturated heterocycles.